The lowest BCUT2D eigenvalue weighted by atomic mass is 9.79. The summed E-state index contributed by atoms with van der Waals surface area (Å²) < 4.78 is 5.78. The Kier molecular flexibility index (Phi) is 3.18. The number of ether oxygens (including phenoxy) is 1. The fourth-order valence-electron chi connectivity index (χ4n) is 3.84. The Morgan fingerprint density at radius 3 is 2.71 bits per heavy atom. The maximum absolute atomic E-state index is 5.78. The van der Waals surface area contributed by atoms with Crippen molar-refractivity contribution in [3.8, 4) is 0 Å². The predicted molar refractivity (Wildman–Crippen MR) is 69.2 cm³/mol. The maximum atomic E-state index is 5.78. The van der Waals surface area contributed by atoms with Crippen LogP contribution in [0.15, 0.2) is 0 Å². The third-order valence-corrected chi connectivity index (χ3v) is 5.26. The van der Waals surface area contributed by atoms with Crippen molar-refractivity contribution in [2.75, 3.05) is 33.3 Å². The average Bonchev–Trinajstić information content (AvgIpc) is 2.70. The molecule has 3 heteroatoms. The third kappa shape index (κ3) is 2.13. The minimum atomic E-state index is 0.203. The zero-order valence-corrected chi connectivity index (χ0v) is 11.3. The molecular weight excluding hydrogens is 212 g/mol. The van der Waals surface area contributed by atoms with E-state index in [0.717, 1.165) is 12.6 Å². The summed E-state index contributed by atoms with van der Waals surface area (Å²) >= 11 is 0. The summed E-state index contributed by atoms with van der Waals surface area (Å²) in [5, 5.41) is 0. The Labute approximate surface area is 105 Å². The number of rotatable bonds is 3. The number of methoxy groups -OCH3 is 1. The molecule has 17 heavy (non-hydrogen) atoms. The molecule has 0 amide bonds. The number of hydrogen-bond acceptors (Lipinski definition) is 3. The molecule has 3 rings (SSSR count). The van der Waals surface area contributed by atoms with E-state index in [-0.39, 0.29) is 5.60 Å². The van der Waals surface area contributed by atoms with Gasteiger partial charge in [-0.1, -0.05) is 0 Å². The SMILES string of the molecule is COC1(CN2CC3CCCN3CC2C)CCC1. The van der Waals surface area contributed by atoms with E-state index in [0.29, 0.717) is 6.04 Å². The van der Waals surface area contributed by atoms with Crippen molar-refractivity contribution in [1.29, 1.82) is 0 Å². The minimum Gasteiger partial charge on any atom is -0.377 e. The van der Waals surface area contributed by atoms with Gasteiger partial charge in [0.25, 0.3) is 0 Å². The van der Waals surface area contributed by atoms with Gasteiger partial charge in [0.15, 0.2) is 0 Å². The first-order valence-corrected chi connectivity index (χ1v) is 7.26. The van der Waals surface area contributed by atoms with Crippen LogP contribution in [-0.2, 0) is 4.74 Å². The highest BCUT2D eigenvalue weighted by atomic mass is 16.5. The van der Waals surface area contributed by atoms with Gasteiger partial charge in [-0.15, -0.1) is 0 Å². The van der Waals surface area contributed by atoms with E-state index in [1.807, 2.05) is 7.11 Å². The largest absolute Gasteiger partial charge is 0.377 e. The predicted octanol–water partition coefficient (Wildman–Crippen LogP) is 1.72. The molecule has 0 aromatic carbocycles. The van der Waals surface area contributed by atoms with Gasteiger partial charge in [-0.05, 0) is 45.6 Å². The minimum absolute atomic E-state index is 0.203. The lowest BCUT2D eigenvalue weighted by Crippen LogP contribution is -2.60. The highest BCUT2D eigenvalue weighted by Crippen LogP contribution is 2.37. The van der Waals surface area contributed by atoms with Crippen LogP contribution in [0.3, 0.4) is 0 Å². The molecule has 98 valence electrons. The zero-order valence-electron chi connectivity index (χ0n) is 11.3. The highest BCUT2D eigenvalue weighted by Gasteiger charge is 2.42. The monoisotopic (exact) mass is 238 g/mol. The van der Waals surface area contributed by atoms with Crippen LogP contribution in [0.2, 0.25) is 0 Å². The molecule has 3 aliphatic rings. The second kappa shape index (κ2) is 4.52. The summed E-state index contributed by atoms with van der Waals surface area (Å²) in [4.78, 5) is 5.39. The Balaban J connectivity index is 1.62. The highest BCUT2D eigenvalue weighted by molar-refractivity contribution is 4.97. The van der Waals surface area contributed by atoms with Crippen LogP contribution in [0.5, 0.6) is 0 Å². The molecule has 3 nitrogen and oxygen atoms in total. The molecule has 2 unspecified atom stereocenters. The van der Waals surface area contributed by atoms with Crippen LogP contribution in [0.25, 0.3) is 0 Å². The molecule has 0 N–H and O–H groups in total. The smallest absolute Gasteiger partial charge is 0.0805 e. The Morgan fingerprint density at radius 1 is 1.24 bits per heavy atom. The van der Waals surface area contributed by atoms with E-state index in [4.69, 9.17) is 4.74 Å². The molecule has 0 aromatic rings. The normalized spacial score (nSPS) is 37.8. The van der Waals surface area contributed by atoms with Gasteiger partial charge in [-0.2, -0.15) is 0 Å². The first kappa shape index (κ1) is 11.9. The van der Waals surface area contributed by atoms with Gasteiger partial charge in [0.1, 0.15) is 0 Å². The summed E-state index contributed by atoms with van der Waals surface area (Å²) in [7, 11) is 1.90. The van der Waals surface area contributed by atoms with E-state index < -0.39 is 0 Å². The van der Waals surface area contributed by atoms with E-state index in [1.54, 1.807) is 0 Å². The molecule has 2 atom stereocenters. The fourth-order valence-corrected chi connectivity index (χ4v) is 3.84. The first-order valence-electron chi connectivity index (χ1n) is 7.26. The van der Waals surface area contributed by atoms with Crippen molar-refractivity contribution in [3.63, 3.8) is 0 Å². The van der Waals surface area contributed by atoms with Crippen LogP contribution in [0, 0.1) is 0 Å². The molecule has 0 spiro atoms. The topological polar surface area (TPSA) is 15.7 Å². The molecule has 1 saturated carbocycles. The Hall–Kier alpha value is -0.120. The summed E-state index contributed by atoms with van der Waals surface area (Å²) in [6.07, 6.45) is 6.69. The summed E-state index contributed by atoms with van der Waals surface area (Å²) in [6, 6.07) is 1.54. The Morgan fingerprint density at radius 2 is 2.06 bits per heavy atom. The number of nitrogens with zero attached hydrogens (tertiary/aromatic N) is 2. The lowest BCUT2D eigenvalue weighted by molar-refractivity contribution is -0.106. The molecule has 2 heterocycles. The third-order valence-electron chi connectivity index (χ3n) is 5.26. The van der Waals surface area contributed by atoms with Crippen LogP contribution < -0.4 is 0 Å². The van der Waals surface area contributed by atoms with Crippen molar-refractivity contribution < 1.29 is 4.74 Å². The van der Waals surface area contributed by atoms with Crippen molar-refractivity contribution in [2.45, 2.75) is 56.7 Å². The molecule has 1 aliphatic carbocycles. The van der Waals surface area contributed by atoms with Crippen molar-refractivity contribution >= 4 is 0 Å². The molecular formula is C14H26N2O. The van der Waals surface area contributed by atoms with Crippen molar-refractivity contribution in [2.24, 2.45) is 0 Å². The van der Waals surface area contributed by atoms with Crippen molar-refractivity contribution in [3.05, 3.63) is 0 Å². The average molecular weight is 238 g/mol. The van der Waals surface area contributed by atoms with E-state index in [9.17, 15) is 0 Å². The second-order valence-electron chi connectivity index (χ2n) is 6.31. The quantitative estimate of drug-likeness (QED) is 0.744. The van der Waals surface area contributed by atoms with Crippen LogP contribution >= 0.6 is 0 Å². The fraction of sp³-hybridized carbons (Fsp3) is 1.00. The van der Waals surface area contributed by atoms with Crippen LogP contribution in [0.4, 0.5) is 0 Å². The standard InChI is InChI=1S/C14H26N2O/c1-12-9-15-8-3-5-13(15)10-16(12)11-14(17-2)6-4-7-14/h12-13H,3-11H2,1-2H3. The van der Waals surface area contributed by atoms with E-state index in [2.05, 4.69) is 16.7 Å². The van der Waals surface area contributed by atoms with Gasteiger partial charge in [0, 0.05) is 38.8 Å². The van der Waals surface area contributed by atoms with E-state index >= 15 is 0 Å². The molecule has 3 fully saturated rings. The van der Waals surface area contributed by atoms with Crippen LogP contribution in [-0.4, -0.2) is 60.8 Å². The number of hydrogen-bond donors (Lipinski definition) is 0. The van der Waals surface area contributed by atoms with Gasteiger partial charge in [0.05, 0.1) is 5.60 Å². The summed E-state index contributed by atoms with van der Waals surface area (Å²) in [5.41, 5.74) is 0.203. The summed E-state index contributed by atoms with van der Waals surface area (Å²) in [6.45, 7) is 7.42. The van der Waals surface area contributed by atoms with Gasteiger partial charge in [0.2, 0.25) is 0 Å². The number of fused-ring (bicyclic) bond motifs is 1. The lowest BCUT2D eigenvalue weighted by Gasteiger charge is -2.49. The van der Waals surface area contributed by atoms with Gasteiger partial charge >= 0.3 is 0 Å². The Bertz CT molecular complexity index is 272. The van der Waals surface area contributed by atoms with Crippen molar-refractivity contribution in [1.82, 2.24) is 9.80 Å². The zero-order chi connectivity index (χ0) is 11.9. The molecule has 0 aromatic heterocycles. The molecule has 2 aliphatic heterocycles. The molecule has 2 saturated heterocycles. The second-order valence-corrected chi connectivity index (χ2v) is 6.31. The van der Waals surface area contributed by atoms with Crippen LogP contribution in [0.1, 0.15) is 39.0 Å². The summed E-state index contributed by atoms with van der Waals surface area (Å²) in [5.74, 6) is 0. The van der Waals surface area contributed by atoms with Gasteiger partial charge in [-0.3, -0.25) is 9.80 Å². The maximum Gasteiger partial charge on any atom is 0.0805 e. The first-order chi connectivity index (χ1) is 8.22. The van der Waals surface area contributed by atoms with E-state index in [1.165, 1.54) is 51.7 Å². The number of piperazine rings is 1. The molecule has 0 bridgehead atoms. The molecule has 0 radical (unpaired) electrons. The van der Waals surface area contributed by atoms with Gasteiger partial charge < -0.3 is 4.74 Å². The van der Waals surface area contributed by atoms with Gasteiger partial charge in [-0.25, -0.2) is 0 Å².